The molecular formula is C11H15ClN4O. The Kier molecular flexibility index (Phi) is 3.68. The minimum atomic E-state index is 0.0561. The second-order valence-corrected chi connectivity index (χ2v) is 4.48. The molecule has 1 aromatic rings. The molecule has 1 saturated carbocycles. The first-order valence-corrected chi connectivity index (χ1v) is 5.98. The van der Waals surface area contributed by atoms with Crippen LogP contribution in [0, 0.1) is 0 Å². The lowest BCUT2D eigenvalue weighted by Crippen LogP contribution is -2.27. The van der Waals surface area contributed by atoms with Crippen LogP contribution >= 0.6 is 11.6 Å². The van der Waals surface area contributed by atoms with Crippen LogP contribution in [-0.2, 0) is 4.79 Å². The average Bonchev–Trinajstić information content (AvgIpc) is 3.07. The molecule has 2 rings (SSSR count). The lowest BCUT2D eigenvalue weighted by molar-refractivity contribution is -0.120. The van der Waals surface area contributed by atoms with Gasteiger partial charge in [0.15, 0.2) is 5.82 Å². The fourth-order valence-corrected chi connectivity index (χ4v) is 1.56. The maximum absolute atomic E-state index is 11.4. The molecule has 1 fully saturated rings. The molecule has 1 heterocycles. The van der Waals surface area contributed by atoms with E-state index >= 15 is 0 Å². The fraction of sp³-hybridized carbons (Fsp3) is 0.455. The highest BCUT2D eigenvalue weighted by atomic mass is 35.5. The van der Waals surface area contributed by atoms with Gasteiger partial charge in [0.2, 0.25) is 5.91 Å². The highest BCUT2D eigenvalue weighted by Gasteiger charge is 2.22. The van der Waals surface area contributed by atoms with Crippen molar-refractivity contribution in [2.75, 3.05) is 17.6 Å². The number of nitrogens with zero attached hydrogens (tertiary/aromatic N) is 1. The summed E-state index contributed by atoms with van der Waals surface area (Å²) in [5.74, 6) is 0.581. The van der Waals surface area contributed by atoms with Crippen LogP contribution in [0.1, 0.15) is 19.3 Å². The van der Waals surface area contributed by atoms with Gasteiger partial charge in [0.1, 0.15) is 5.15 Å². The van der Waals surface area contributed by atoms with Gasteiger partial charge in [-0.2, -0.15) is 0 Å². The number of nitrogens with two attached hydrogens (primary N) is 1. The van der Waals surface area contributed by atoms with Gasteiger partial charge in [-0.1, -0.05) is 11.6 Å². The number of nitrogens with one attached hydrogen (secondary N) is 2. The van der Waals surface area contributed by atoms with Crippen molar-refractivity contribution in [2.45, 2.75) is 25.3 Å². The quantitative estimate of drug-likeness (QED) is 0.694. The summed E-state index contributed by atoms with van der Waals surface area (Å²) in [5.41, 5.74) is 6.24. The second kappa shape index (κ2) is 5.23. The molecular weight excluding hydrogens is 240 g/mol. The van der Waals surface area contributed by atoms with Gasteiger partial charge >= 0.3 is 0 Å². The molecule has 1 aliphatic rings. The minimum absolute atomic E-state index is 0.0561. The number of hydrogen-bond acceptors (Lipinski definition) is 4. The molecule has 0 unspecified atom stereocenters. The lowest BCUT2D eigenvalue weighted by atomic mass is 10.3. The average molecular weight is 255 g/mol. The largest absolute Gasteiger partial charge is 0.396 e. The Labute approximate surface area is 105 Å². The summed E-state index contributed by atoms with van der Waals surface area (Å²) in [6.07, 6.45) is 2.61. The van der Waals surface area contributed by atoms with Gasteiger partial charge < -0.3 is 16.4 Å². The van der Waals surface area contributed by atoms with E-state index in [0.29, 0.717) is 35.7 Å². The van der Waals surface area contributed by atoms with Crippen LogP contribution in [0.4, 0.5) is 11.5 Å². The number of anilines is 2. The first-order valence-electron chi connectivity index (χ1n) is 5.60. The van der Waals surface area contributed by atoms with Crippen molar-refractivity contribution in [2.24, 2.45) is 0 Å². The monoisotopic (exact) mass is 254 g/mol. The number of aromatic nitrogens is 1. The van der Waals surface area contributed by atoms with E-state index in [0.717, 1.165) is 12.8 Å². The molecule has 0 bridgehead atoms. The molecule has 92 valence electrons. The van der Waals surface area contributed by atoms with E-state index in [1.807, 2.05) is 0 Å². The van der Waals surface area contributed by atoms with Crippen molar-refractivity contribution < 1.29 is 4.79 Å². The third kappa shape index (κ3) is 3.78. The predicted octanol–water partition coefficient (Wildman–Crippen LogP) is 1.40. The number of carbonyl (C=O) groups excluding carboxylic acids is 1. The SMILES string of the molecule is Nc1ccc(Cl)nc1NCCC(=O)NC1CC1. The molecule has 1 aliphatic carbocycles. The van der Waals surface area contributed by atoms with Crippen LogP contribution in [-0.4, -0.2) is 23.5 Å². The zero-order chi connectivity index (χ0) is 12.3. The minimum Gasteiger partial charge on any atom is -0.396 e. The highest BCUT2D eigenvalue weighted by Crippen LogP contribution is 2.19. The van der Waals surface area contributed by atoms with E-state index in [1.165, 1.54) is 0 Å². The summed E-state index contributed by atoms with van der Waals surface area (Å²) in [6.45, 7) is 0.496. The zero-order valence-corrected chi connectivity index (χ0v) is 10.1. The summed E-state index contributed by atoms with van der Waals surface area (Å²) < 4.78 is 0. The molecule has 5 nitrogen and oxygen atoms in total. The lowest BCUT2D eigenvalue weighted by Gasteiger charge is -2.08. The number of pyridine rings is 1. The van der Waals surface area contributed by atoms with Crippen molar-refractivity contribution in [3.8, 4) is 0 Å². The summed E-state index contributed by atoms with van der Waals surface area (Å²) >= 11 is 5.75. The van der Waals surface area contributed by atoms with Crippen LogP contribution < -0.4 is 16.4 Å². The fourth-order valence-electron chi connectivity index (χ4n) is 1.41. The van der Waals surface area contributed by atoms with Crippen molar-refractivity contribution in [3.05, 3.63) is 17.3 Å². The molecule has 0 aliphatic heterocycles. The van der Waals surface area contributed by atoms with Crippen molar-refractivity contribution in [1.29, 1.82) is 0 Å². The molecule has 0 atom stereocenters. The molecule has 0 radical (unpaired) electrons. The third-order valence-electron chi connectivity index (χ3n) is 2.48. The molecule has 17 heavy (non-hydrogen) atoms. The highest BCUT2D eigenvalue weighted by molar-refractivity contribution is 6.29. The van der Waals surface area contributed by atoms with Gasteiger partial charge in [-0.05, 0) is 25.0 Å². The maximum atomic E-state index is 11.4. The topological polar surface area (TPSA) is 80.0 Å². The number of halogens is 1. The second-order valence-electron chi connectivity index (χ2n) is 4.09. The van der Waals surface area contributed by atoms with Gasteiger partial charge in [0.05, 0.1) is 5.69 Å². The first kappa shape index (κ1) is 12.0. The van der Waals surface area contributed by atoms with E-state index in [9.17, 15) is 4.79 Å². The molecule has 1 aromatic heterocycles. The number of hydrogen-bond donors (Lipinski definition) is 3. The normalized spacial score (nSPS) is 14.4. The van der Waals surface area contributed by atoms with E-state index in [1.54, 1.807) is 12.1 Å². The van der Waals surface area contributed by atoms with Gasteiger partial charge in [-0.15, -0.1) is 0 Å². The number of rotatable bonds is 5. The third-order valence-corrected chi connectivity index (χ3v) is 2.69. The Balaban J connectivity index is 1.76. The van der Waals surface area contributed by atoms with Crippen LogP contribution in [0.25, 0.3) is 0 Å². The summed E-state index contributed by atoms with van der Waals surface area (Å²) in [5, 5.41) is 6.29. The molecule has 4 N–H and O–H groups in total. The van der Waals surface area contributed by atoms with Gasteiger partial charge in [0, 0.05) is 19.0 Å². The van der Waals surface area contributed by atoms with Crippen LogP contribution in [0.15, 0.2) is 12.1 Å². The molecule has 0 saturated heterocycles. The first-order chi connectivity index (χ1) is 8.15. The molecule has 1 amide bonds. The predicted molar refractivity (Wildman–Crippen MR) is 67.9 cm³/mol. The Morgan fingerprint density at radius 2 is 2.29 bits per heavy atom. The van der Waals surface area contributed by atoms with Crippen LogP contribution in [0.3, 0.4) is 0 Å². The summed E-state index contributed by atoms with van der Waals surface area (Å²) in [7, 11) is 0. The number of carbonyl (C=O) groups is 1. The van der Waals surface area contributed by atoms with Gasteiger partial charge in [0.25, 0.3) is 0 Å². The van der Waals surface area contributed by atoms with Crippen molar-refractivity contribution in [3.63, 3.8) is 0 Å². The van der Waals surface area contributed by atoms with Crippen molar-refractivity contribution in [1.82, 2.24) is 10.3 Å². The summed E-state index contributed by atoms with van der Waals surface area (Å²) in [4.78, 5) is 15.4. The van der Waals surface area contributed by atoms with E-state index in [2.05, 4.69) is 15.6 Å². The summed E-state index contributed by atoms with van der Waals surface area (Å²) in [6, 6.07) is 3.71. The van der Waals surface area contributed by atoms with Crippen LogP contribution in [0.2, 0.25) is 5.15 Å². The molecule has 0 aromatic carbocycles. The smallest absolute Gasteiger partial charge is 0.221 e. The Morgan fingerprint density at radius 3 is 3.00 bits per heavy atom. The van der Waals surface area contributed by atoms with E-state index in [4.69, 9.17) is 17.3 Å². The molecule has 6 heteroatoms. The zero-order valence-electron chi connectivity index (χ0n) is 9.37. The Hall–Kier alpha value is -1.49. The van der Waals surface area contributed by atoms with Crippen LogP contribution in [0.5, 0.6) is 0 Å². The number of amides is 1. The van der Waals surface area contributed by atoms with Crippen molar-refractivity contribution >= 4 is 29.0 Å². The Morgan fingerprint density at radius 1 is 1.53 bits per heavy atom. The van der Waals surface area contributed by atoms with Gasteiger partial charge in [-0.3, -0.25) is 4.79 Å². The number of nitrogen functional groups attached to an aromatic ring is 1. The van der Waals surface area contributed by atoms with E-state index in [-0.39, 0.29) is 5.91 Å². The molecule has 0 spiro atoms. The standard InChI is InChI=1S/C11H15ClN4O/c12-9-4-3-8(13)11(16-9)14-6-5-10(17)15-7-1-2-7/h3-4,7H,1-2,5-6,13H2,(H,14,16)(H,15,17). The maximum Gasteiger partial charge on any atom is 0.221 e. The Bertz CT molecular complexity index is 420. The van der Waals surface area contributed by atoms with Gasteiger partial charge in [-0.25, -0.2) is 4.98 Å². The van der Waals surface area contributed by atoms with E-state index < -0.39 is 0 Å².